The largest absolute Gasteiger partial charge is 0.276 e. The maximum absolute atomic E-state index is 11.6. The second-order valence-electron chi connectivity index (χ2n) is 4.52. The molecule has 0 radical (unpaired) electrons. The van der Waals surface area contributed by atoms with E-state index in [-0.39, 0.29) is 33.6 Å². The molecule has 0 aromatic heterocycles. The number of hydrogen-bond acceptors (Lipinski definition) is 6. The van der Waals surface area contributed by atoms with Gasteiger partial charge in [0.1, 0.15) is 0 Å². The van der Waals surface area contributed by atoms with E-state index in [1.54, 1.807) is 0 Å². The fraction of sp³-hybridized carbons (Fsp3) is 0. The Morgan fingerprint density at radius 2 is 1.08 bits per heavy atom. The van der Waals surface area contributed by atoms with Gasteiger partial charge in [-0.05, 0) is 46.5 Å². The number of hydrogen-bond donors (Lipinski definition) is 0. The average Bonchev–Trinajstić information content (AvgIpc) is 2.53. The SMILES string of the molecule is O=C(Cl)c1cc([N+](=O)[O-])ccc1-c1ccc([N+](=O)[O-])cc1C(=O)Cl. The maximum atomic E-state index is 11.6. The summed E-state index contributed by atoms with van der Waals surface area (Å²) in [5, 5.41) is 19.7. The van der Waals surface area contributed by atoms with E-state index in [2.05, 4.69) is 0 Å². The molecule has 0 atom stereocenters. The zero-order chi connectivity index (χ0) is 18.0. The van der Waals surface area contributed by atoms with Crippen LogP contribution >= 0.6 is 23.2 Å². The van der Waals surface area contributed by atoms with Gasteiger partial charge < -0.3 is 0 Å². The highest BCUT2D eigenvalue weighted by Gasteiger charge is 2.22. The van der Waals surface area contributed by atoms with Gasteiger partial charge in [-0.25, -0.2) is 0 Å². The van der Waals surface area contributed by atoms with Crippen LogP contribution in [-0.2, 0) is 0 Å². The molecule has 0 saturated carbocycles. The van der Waals surface area contributed by atoms with Gasteiger partial charge in [0.05, 0.1) is 9.85 Å². The lowest BCUT2D eigenvalue weighted by molar-refractivity contribution is -0.385. The summed E-state index contributed by atoms with van der Waals surface area (Å²) in [6, 6.07) is 6.57. The Hall–Kier alpha value is -2.84. The molecule has 2 rings (SSSR count). The Bertz CT molecular complexity index is 823. The predicted octanol–water partition coefficient (Wildman–Crippen LogP) is 3.93. The molecular formula is C14H6Cl2N2O6. The Balaban J connectivity index is 2.76. The van der Waals surface area contributed by atoms with Crippen molar-refractivity contribution in [3.63, 3.8) is 0 Å². The van der Waals surface area contributed by atoms with Gasteiger partial charge in [0.25, 0.3) is 21.9 Å². The molecule has 0 aliphatic carbocycles. The van der Waals surface area contributed by atoms with Crippen LogP contribution in [0.25, 0.3) is 11.1 Å². The van der Waals surface area contributed by atoms with Crippen molar-refractivity contribution in [3.05, 3.63) is 67.8 Å². The van der Waals surface area contributed by atoms with Gasteiger partial charge in [0, 0.05) is 35.4 Å². The maximum Gasteiger partial charge on any atom is 0.270 e. The molecule has 2 aromatic rings. The number of rotatable bonds is 5. The highest BCUT2D eigenvalue weighted by molar-refractivity contribution is 6.69. The Labute approximate surface area is 143 Å². The van der Waals surface area contributed by atoms with E-state index in [0.29, 0.717) is 0 Å². The first kappa shape index (κ1) is 17.5. The average molecular weight is 369 g/mol. The van der Waals surface area contributed by atoms with E-state index in [1.807, 2.05) is 0 Å². The van der Waals surface area contributed by atoms with Crippen molar-refractivity contribution in [1.29, 1.82) is 0 Å². The highest BCUT2D eigenvalue weighted by atomic mass is 35.5. The number of carbonyl (C=O) groups is 2. The second-order valence-corrected chi connectivity index (χ2v) is 5.21. The minimum absolute atomic E-state index is 0.0968. The molecule has 24 heavy (non-hydrogen) atoms. The van der Waals surface area contributed by atoms with Gasteiger partial charge in [0.15, 0.2) is 0 Å². The first-order chi connectivity index (χ1) is 11.2. The molecule has 122 valence electrons. The van der Waals surface area contributed by atoms with E-state index in [4.69, 9.17) is 23.2 Å². The van der Waals surface area contributed by atoms with Crippen LogP contribution in [0.5, 0.6) is 0 Å². The molecule has 0 bridgehead atoms. The lowest BCUT2D eigenvalue weighted by Crippen LogP contribution is -2.01. The van der Waals surface area contributed by atoms with Crippen molar-refractivity contribution in [2.45, 2.75) is 0 Å². The van der Waals surface area contributed by atoms with Crippen molar-refractivity contribution < 1.29 is 19.4 Å². The van der Waals surface area contributed by atoms with Crippen molar-refractivity contribution in [2.24, 2.45) is 0 Å². The number of benzene rings is 2. The first-order valence-electron chi connectivity index (χ1n) is 6.19. The monoisotopic (exact) mass is 368 g/mol. The number of nitro groups is 2. The summed E-state index contributed by atoms with van der Waals surface area (Å²) < 4.78 is 0. The summed E-state index contributed by atoms with van der Waals surface area (Å²) >= 11 is 10.9. The third-order valence-corrected chi connectivity index (χ3v) is 3.55. The van der Waals surface area contributed by atoms with Gasteiger partial charge in [-0.1, -0.05) is 0 Å². The third kappa shape index (κ3) is 3.39. The van der Waals surface area contributed by atoms with E-state index < -0.39 is 20.3 Å². The fourth-order valence-electron chi connectivity index (χ4n) is 2.09. The number of carbonyl (C=O) groups excluding carboxylic acids is 2. The lowest BCUT2D eigenvalue weighted by Gasteiger charge is -2.10. The van der Waals surface area contributed by atoms with Crippen LogP contribution in [-0.4, -0.2) is 20.3 Å². The zero-order valence-electron chi connectivity index (χ0n) is 11.6. The smallest absolute Gasteiger partial charge is 0.270 e. The Morgan fingerprint density at radius 3 is 1.33 bits per heavy atom. The van der Waals surface area contributed by atoms with E-state index in [9.17, 15) is 29.8 Å². The zero-order valence-corrected chi connectivity index (χ0v) is 13.1. The van der Waals surface area contributed by atoms with Gasteiger partial charge in [0.2, 0.25) is 0 Å². The topological polar surface area (TPSA) is 120 Å². The fourth-order valence-corrected chi connectivity index (χ4v) is 2.40. The van der Waals surface area contributed by atoms with Crippen LogP contribution < -0.4 is 0 Å². The van der Waals surface area contributed by atoms with E-state index >= 15 is 0 Å². The van der Waals surface area contributed by atoms with Crippen LogP contribution in [0.15, 0.2) is 36.4 Å². The molecule has 0 fully saturated rings. The summed E-state index contributed by atoms with van der Waals surface area (Å²) in [5.41, 5.74) is -0.997. The molecule has 0 heterocycles. The van der Waals surface area contributed by atoms with Gasteiger partial charge in [-0.2, -0.15) is 0 Å². The molecule has 0 aliphatic heterocycles. The number of nitro benzene ring substituents is 2. The standard InChI is InChI=1S/C14H6Cl2N2O6/c15-13(19)11-5-7(17(21)22)1-3-9(11)10-4-2-8(18(23)24)6-12(10)14(16)20/h1-6H. The minimum Gasteiger partial charge on any atom is -0.276 e. The van der Waals surface area contributed by atoms with Gasteiger partial charge >= 0.3 is 0 Å². The normalized spacial score (nSPS) is 10.2. The molecular weight excluding hydrogens is 363 g/mol. The van der Waals surface area contributed by atoms with E-state index in [1.165, 1.54) is 12.1 Å². The Morgan fingerprint density at radius 1 is 0.750 bits per heavy atom. The molecule has 0 aliphatic rings. The number of nitrogens with zero attached hydrogens (tertiary/aromatic N) is 2. The van der Waals surface area contributed by atoms with Crippen molar-refractivity contribution in [3.8, 4) is 11.1 Å². The summed E-state index contributed by atoms with van der Waals surface area (Å²) in [7, 11) is 0. The molecule has 0 N–H and O–H groups in total. The highest BCUT2D eigenvalue weighted by Crippen LogP contribution is 2.33. The van der Waals surface area contributed by atoms with Crippen molar-refractivity contribution in [1.82, 2.24) is 0 Å². The van der Waals surface area contributed by atoms with Gasteiger partial charge in [-0.15, -0.1) is 0 Å². The van der Waals surface area contributed by atoms with Crippen LogP contribution in [0.1, 0.15) is 20.7 Å². The quantitative estimate of drug-likeness (QED) is 0.447. The Kier molecular flexibility index (Phi) is 4.91. The molecule has 0 unspecified atom stereocenters. The molecule has 0 spiro atoms. The molecule has 0 amide bonds. The summed E-state index contributed by atoms with van der Waals surface area (Å²) in [4.78, 5) is 43.4. The van der Waals surface area contributed by atoms with Crippen LogP contribution in [0.2, 0.25) is 0 Å². The molecule has 0 saturated heterocycles. The number of non-ortho nitro benzene ring substituents is 2. The van der Waals surface area contributed by atoms with Crippen molar-refractivity contribution in [2.75, 3.05) is 0 Å². The third-order valence-electron chi connectivity index (χ3n) is 3.14. The summed E-state index contributed by atoms with van der Waals surface area (Å²) in [6.07, 6.45) is 0. The van der Waals surface area contributed by atoms with Gasteiger partial charge in [-0.3, -0.25) is 29.8 Å². The molecule has 2 aromatic carbocycles. The van der Waals surface area contributed by atoms with Crippen molar-refractivity contribution >= 4 is 45.1 Å². The molecule has 8 nitrogen and oxygen atoms in total. The lowest BCUT2D eigenvalue weighted by atomic mass is 9.95. The molecule has 10 heteroatoms. The van der Waals surface area contributed by atoms with E-state index in [0.717, 1.165) is 24.3 Å². The summed E-state index contributed by atoms with van der Waals surface area (Å²) in [5.74, 6) is 0. The van der Waals surface area contributed by atoms with Crippen LogP contribution in [0.4, 0.5) is 11.4 Å². The van der Waals surface area contributed by atoms with Crippen LogP contribution in [0, 0.1) is 20.2 Å². The second kappa shape index (κ2) is 6.73. The summed E-state index contributed by atoms with van der Waals surface area (Å²) in [6.45, 7) is 0. The minimum atomic E-state index is -0.986. The first-order valence-corrected chi connectivity index (χ1v) is 6.95. The number of halogens is 2. The van der Waals surface area contributed by atoms with Crippen LogP contribution in [0.3, 0.4) is 0 Å². The predicted molar refractivity (Wildman–Crippen MR) is 85.6 cm³/mol.